The van der Waals surface area contributed by atoms with Gasteiger partial charge in [0.05, 0.1) is 0 Å². The van der Waals surface area contributed by atoms with E-state index in [1.54, 1.807) is 0 Å². The third-order valence-corrected chi connectivity index (χ3v) is 11.2. The van der Waals surface area contributed by atoms with E-state index in [0.29, 0.717) is 5.84 Å². The fourth-order valence-corrected chi connectivity index (χ4v) is 8.79. The molecule has 6 heteroatoms. The van der Waals surface area contributed by atoms with E-state index in [-0.39, 0.29) is 6.17 Å². The molecule has 4 heterocycles. The number of hydrogen-bond acceptors (Lipinski definition) is 6. The molecule has 0 saturated heterocycles. The lowest BCUT2D eigenvalue weighted by atomic mass is 10.00. The second-order valence-electron chi connectivity index (χ2n) is 13.0. The van der Waals surface area contributed by atoms with E-state index in [1.807, 2.05) is 59.9 Å². The minimum absolute atomic E-state index is 0.327. The summed E-state index contributed by atoms with van der Waals surface area (Å²) in [5, 5.41) is 10.4. The van der Waals surface area contributed by atoms with Gasteiger partial charge in [-0.2, -0.15) is 0 Å². The van der Waals surface area contributed by atoms with Crippen LogP contribution in [0.25, 0.3) is 75.2 Å². The fraction of sp³-hybridized carbons (Fsp3) is 0.0222. The average molecular weight is 674 g/mol. The molecule has 1 N–H and O–H groups in total. The zero-order valence-electron chi connectivity index (χ0n) is 27.1. The number of para-hydroxylation sites is 1. The molecule has 0 fully saturated rings. The monoisotopic (exact) mass is 673 g/mol. The molecule has 1 atom stereocenters. The highest BCUT2D eigenvalue weighted by Crippen LogP contribution is 2.41. The molecule has 240 valence electrons. The summed E-state index contributed by atoms with van der Waals surface area (Å²) in [7, 11) is 0. The van der Waals surface area contributed by atoms with Crippen LogP contribution in [0.2, 0.25) is 0 Å². The maximum absolute atomic E-state index is 6.39. The number of thiophene rings is 1. The zero-order valence-corrected chi connectivity index (χ0v) is 27.9. The second kappa shape index (κ2) is 11.0. The lowest BCUT2D eigenvalue weighted by molar-refractivity contribution is 0.667. The predicted octanol–water partition coefficient (Wildman–Crippen LogP) is 12.0. The lowest BCUT2D eigenvalue weighted by Gasteiger charge is -2.24. The fourth-order valence-electron chi connectivity index (χ4n) is 7.55. The first kappa shape index (κ1) is 28.3. The van der Waals surface area contributed by atoms with Crippen molar-refractivity contribution in [3.63, 3.8) is 0 Å². The van der Waals surface area contributed by atoms with Crippen molar-refractivity contribution in [1.82, 2.24) is 5.32 Å². The summed E-state index contributed by atoms with van der Waals surface area (Å²) in [6.07, 6.45) is -0.327. The predicted molar refractivity (Wildman–Crippen MR) is 211 cm³/mol. The topological polar surface area (TPSA) is 63.0 Å². The molecule has 1 unspecified atom stereocenters. The van der Waals surface area contributed by atoms with Gasteiger partial charge in [-0.15, -0.1) is 11.3 Å². The van der Waals surface area contributed by atoms with E-state index in [2.05, 4.69) is 108 Å². The summed E-state index contributed by atoms with van der Waals surface area (Å²) in [5.74, 6) is 1.41. The average Bonchev–Trinajstić information content (AvgIpc) is 3.89. The Morgan fingerprint density at radius 2 is 1.16 bits per heavy atom. The Bertz CT molecular complexity index is 3070. The molecule has 1 aliphatic rings. The molecular formula is C45H27N3O2S. The van der Waals surface area contributed by atoms with Crippen LogP contribution in [0.5, 0.6) is 0 Å². The van der Waals surface area contributed by atoms with Crippen LogP contribution < -0.4 is 5.32 Å². The summed E-state index contributed by atoms with van der Waals surface area (Å²) < 4.78 is 15.2. The number of aliphatic imine (C=N–C) groups is 2. The molecule has 0 saturated carbocycles. The Balaban J connectivity index is 1.07. The van der Waals surface area contributed by atoms with Crippen LogP contribution in [0.3, 0.4) is 0 Å². The summed E-state index contributed by atoms with van der Waals surface area (Å²) in [4.78, 5) is 10.4. The third-order valence-electron chi connectivity index (χ3n) is 9.96. The van der Waals surface area contributed by atoms with E-state index < -0.39 is 0 Å². The molecular weight excluding hydrogens is 647 g/mol. The van der Waals surface area contributed by atoms with Crippen LogP contribution in [0.4, 0.5) is 0 Å². The van der Waals surface area contributed by atoms with Gasteiger partial charge < -0.3 is 14.2 Å². The van der Waals surface area contributed by atoms with Gasteiger partial charge in [-0.25, -0.2) is 9.98 Å². The minimum Gasteiger partial charge on any atom is -0.456 e. The van der Waals surface area contributed by atoms with Gasteiger partial charge in [-0.3, -0.25) is 0 Å². The molecule has 1 aliphatic heterocycles. The van der Waals surface area contributed by atoms with Crippen molar-refractivity contribution in [1.29, 1.82) is 0 Å². The van der Waals surface area contributed by atoms with Crippen molar-refractivity contribution in [2.45, 2.75) is 6.17 Å². The summed E-state index contributed by atoms with van der Waals surface area (Å²) in [5.41, 5.74) is 8.71. The van der Waals surface area contributed by atoms with Crippen LogP contribution in [0.1, 0.15) is 22.9 Å². The molecule has 10 aromatic rings. The van der Waals surface area contributed by atoms with Crippen molar-refractivity contribution >= 4 is 87.1 Å². The normalized spacial score (nSPS) is 14.9. The van der Waals surface area contributed by atoms with E-state index in [4.69, 9.17) is 18.8 Å². The first-order valence-electron chi connectivity index (χ1n) is 17.0. The van der Waals surface area contributed by atoms with Gasteiger partial charge in [0.15, 0.2) is 5.84 Å². The number of nitrogens with zero attached hydrogens (tertiary/aromatic N) is 2. The third kappa shape index (κ3) is 4.47. The number of amidine groups is 2. The van der Waals surface area contributed by atoms with E-state index in [1.165, 1.54) is 31.3 Å². The SMILES string of the molecule is c1ccc(C2N=C(c3cccc4oc5ccccc5c34)N=C(c3ccc4oc5ccc(-c6cccc7c6sc6ccccc67)cc5c4c3)N2)cc1. The number of nitrogens with one attached hydrogen (secondary N) is 1. The van der Waals surface area contributed by atoms with Crippen molar-refractivity contribution in [3.8, 4) is 11.1 Å². The Hall–Kier alpha value is -6.50. The van der Waals surface area contributed by atoms with E-state index in [0.717, 1.165) is 66.4 Å². The highest BCUT2D eigenvalue weighted by Gasteiger charge is 2.24. The molecule has 0 aliphatic carbocycles. The Morgan fingerprint density at radius 3 is 2.04 bits per heavy atom. The van der Waals surface area contributed by atoms with Gasteiger partial charge in [0.1, 0.15) is 34.3 Å². The van der Waals surface area contributed by atoms with Crippen molar-refractivity contribution < 1.29 is 8.83 Å². The quantitative estimate of drug-likeness (QED) is 0.202. The van der Waals surface area contributed by atoms with Crippen molar-refractivity contribution in [2.75, 3.05) is 0 Å². The van der Waals surface area contributed by atoms with E-state index in [9.17, 15) is 0 Å². The smallest absolute Gasteiger partial charge is 0.160 e. The van der Waals surface area contributed by atoms with Gasteiger partial charge in [-0.1, -0.05) is 103 Å². The number of fused-ring (bicyclic) bond motifs is 9. The van der Waals surface area contributed by atoms with Gasteiger partial charge in [0.2, 0.25) is 0 Å². The number of hydrogen-bond donors (Lipinski definition) is 1. The van der Waals surface area contributed by atoms with Crippen LogP contribution in [-0.2, 0) is 0 Å². The summed E-state index contributed by atoms with van der Waals surface area (Å²) in [6, 6.07) is 52.7. The molecule has 5 nitrogen and oxygen atoms in total. The van der Waals surface area contributed by atoms with Gasteiger partial charge in [0.25, 0.3) is 0 Å². The summed E-state index contributed by atoms with van der Waals surface area (Å²) >= 11 is 1.85. The molecule has 3 aromatic heterocycles. The highest BCUT2D eigenvalue weighted by atomic mass is 32.1. The first-order chi connectivity index (χ1) is 25.2. The van der Waals surface area contributed by atoms with Gasteiger partial charge in [0, 0.05) is 52.8 Å². The Morgan fingerprint density at radius 1 is 0.510 bits per heavy atom. The summed E-state index contributed by atoms with van der Waals surface area (Å²) in [6.45, 7) is 0. The molecule has 0 radical (unpaired) electrons. The Labute approximate surface area is 295 Å². The van der Waals surface area contributed by atoms with Gasteiger partial charge in [-0.05, 0) is 65.2 Å². The molecule has 7 aromatic carbocycles. The first-order valence-corrected chi connectivity index (χ1v) is 17.8. The molecule has 0 amide bonds. The number of rotatable bonds is 4. The second-order valence-corrected chi connectivity index (χ2v) is 14.0. The molecule has 0 spiro atoms. The number of benzene rings is 7. The van der Waals surface area contributed by atoms with Crippen LogP contribution in [0.15, 0.2) is 170 Å². The van der Waals surface area contributed by atoms with Crippen molar-refractivity contribution in [2.24, 2.45) is 9.98 Å². The molecule has 0 bridgehead atoms. The molecule has 11 rings (SSSR count). The van der Waals surface area contributed by atoms with Crippen molar-refractivity contribution in [3.05, 3.63) is 168 Å². The van der Waals surface area contributed by atoms with E-state index >= 15 is 0 Å². The molecule has 51 heavy (non-hydrogen) atoms. The van der Waals surface area contributed by atoms with Crippen LogP contribution >= 0.6 is 11.3 Å². The minimum atomic E-state index is -0.327. The van der Waals surface area contributed by atoms with Crippen LogP contribution in [0, 0.1) is 0 Å². The number of furan rings is 2. The maximum Gasteiger partial charge on any atom is 0.160 e. The lowest BCUT2D eigenvalue weighted by Crippen LogP contribution is -2.33. The maximum atomic E-state index is 6.39. The van der Waals surface area contributed by atoms with Gasteiger partial charge >= 0.3 is 0 Å². The largest absolute Gasteiger partial charge is 0.456 e. The standard InChI is InChI=1S/C45H27N3O2S/c1-2-10-26(11-3-1)43-46-44(48-45(47-43)33-16-9-18-39-41(33)32-13-4-6-17-36(32)50-39)28-21-23-38-35(25-28)34-24-27(20-22-37(34)49-38)29-14-8-15-31-30-12-5-7-19-40(30)51-42(29)31/h1-25,43H,(H,46,47,48). The Kier molecular flexibility index (Phi) is 6.12. The van der Waals surface area contributed by atoms with Crippen LogP contribution in [-0.4, -0.2) is 11.7 Å². The zero-order chi connectivity index (χ0) is 33.5. The highest BCUT2D eigenvalue weighted by molar-refractivity contribution is 7.26.